The molecule has 1 aliphatic heterocycles. The van der Waals surface area contributed by atoms with Crippen molar-refractivity contribution in [3.05, 3.63) is 63.6 Å². The molecule has 0 aliphatic carbocycles. The lowest BCUT2D eigenvalue weighted by Gasteiger charge is -2.14. The van der Waals surface area contributed by atoms with Crippen LogP contribution < -0.4 is 0 Å². The van der Waals surface area contributed by atoms with E-state index in [1.165, 1.54) is 12.8 Å². The summed E-state index contributed by atoms with van der Waals surface area (Å²) in [6, 6.07) is 9.20. The Morgan fingerprint density at radius 1 is 1.23 bits per heavy atom. The first-order chi connectivity index (χ1) is 12.1. The Morgan fingerprint density at radius 2 is 1.92 bits per heavy atom. The highest BCUT2D eigenvalue weighted by atomic mass is 79.9. The maximum Gasteiger partial charge on any atom is 0.228 e. The van der Waals surface area contributed by atoms with E-state index in [0.29, 0.717) is 11.3 Å². The molecule has 0 N–H and O–H groups in total. The molecule has 0 saturated carbocycles. The van der Waals surface area contributed by atoms with E-state index in [-0.39, 0.29) is 18.2 Å². The molecule has 1 fully saturated rings. The van der Waals surface area contributed by atoms with E-state index >= 15 is 0 Å². The summed E-state index contributed by atoms with van der Waals surface area (Å²) < 4.78 is 6.85. The number of likely N-dealkylation sites (tertiary alicyclic amines) is 1. The van der Waals surface area contributed by atoms with Crippen molar-refractivity contribution in [1.82, 2.24) is 9.88 Å². The number of rotatable bonds is 4. The monoisotopic (exact) mass is 434 g/mol. The van der Waals surface area contributed by atoms with Gasteiger partial charge >= 0.3 is 0 Å². The topological polar surface area (TPSA) is 46.3 Å². The quantitative estimate of drug-likeness (QED) is 0.532. The van der Waals surface area contributed by atoms with Gasteiger partial charge in [0.2, 0.25) is 5.78 Å². The Morgan fingerprint density at radius 3 is 2.62 bits per heavy atom. The van der Waals surface area contributed by atoms with Crippen molar-refractivity contribution in [3.63, 3.8) is 0 Å². The second-order valence-corrected chi connectivity index (χ2v) is 7.46. The van der Waals surface area contributed by atoms with Gasteiger partial charge in [0.25, 0.3) is 0 Å². The summed E-state index contributed by atoms with van der Waals surface area (Å²) in [5.41, 5.74) is 3.28. The normalized spacial score (nSPS) is 14.5. The standard InChI is InChI=1S/C20H19BrN2O2.ClH/c1-13-20-17(15(11-22-13)12-23-8-2-3-9-23)10-18(25-20)19(24)14-4-6-16(21)7-5-14;/h4-7,10-11H,2-3,8-9,12H2,1H3;1H. The van der Waals surface area contributed by atoms with Crippen LogP contribution in [-0.4, -0.2) is 28.8 Å². The molecule has 4 rings (SSSR count). The van der Waals surface area contributed by atoms with Crippen molar-refractivity contribution in [3.8, 4) is 0 Å². The third-order valence-electron chi connectivity index (χ3n) is 4.74. The van der Waals surface area contributed by atoms with Gasteiger partial charge in [-0.3, -0.25) is 14.7 Å². The van der Waals surface area contributed by atoms with E-state index in [1.807, 2.05) is 31.3 Å². The predicted molar refractivity (Wildman–Crippen MR) is 108 cm³/mol. The Kier molecular flexibility index (Phi) is 5.80. The number of hydrogen-bond donors (Lipinski definition) is 0. The summed E-state index contributed by atoms with van der Waals surface area (Å²) in [5.74, 6) is 0.270. The number of carbonyl (C=O) groups is 1. The van der Waals surface area contributed by atoms with Crippen molar-refractivity contribution < 1.29 is 9.21 Å². The second-order valence-electron chi connectivity index (χ2n) is 6.54. The highest BCUT2D eigenvalue weighted by Crippen LogP contribution is 2.28. The van der Waals surface area contributed by atoms with Crippen molar-refractivity contribution >= 4 is 45.1 Å². The number of ketones is 1. The Labute approximate surface area is 167 Å². The molecule has 0 unspecified atom stereocenters. The fraction of sp³-hybridized carbons (Fsp3) is 0.300. The molecular weight excluding hydrogens is 416 g/mol. The molecule has 0 atom stereocenters. The molecule has 3 heterocycles. The summed E-state index contributed by atoms with van der Waals surface area (Å²) in [4.78, 5) is 19.6. The maximum absolute atomic E-state index is 12.8. The van der Waals surface area contributed by atoms with Crippen molar-refractivity contribution in [1.29, 1.82) is 0 Å². The van der Waals surface area contributed by atoms with Gasteiger partial charge in [-0.25, -0.2) is 0 Å². The lowest BCUT2D eigenvalue weighted by molar-refractivity contribution is 0.101. The number of aryl methyl sites for hydroxylation is 1. The number of nitrogens with zero attached hydrogens (tertiary/aromatic N) is 2. The first kappa shape index (κ1) is 19.1. The predicted octanol–water partition coefficient (Wildman–Crippen LogP) is 5.15. The molecule has 6 heteroatoms. The Balaban J connectivity index is 0.00000196. The van der Waals surface area contributed by atoms with Crippen LogP contribution in [0.4, 0.5) is 0 Å². The molecule has 1 aliphatic rings. The van der Waals surface area contributed by atoms with Crippen LogP contribution in [0, 0.1) is 6.92 Å². The Hall–Kier alpha value is -1.69. The number of hydrogen-bond acceptors (Lipinski definition) is 4. The zero-order valence-electron chi connectivity index (χ0n) is 14.5. The van der Waals surface area contributed by atoms with Crippen LogP contribution in [0.25, 0.3) is 11.0 Å². The third-order valence-corrected chi connectivity index (χ3v) is 5.27. The summed E-state index contributed by atoms with van der Waals surface area (Å²) in [7, 11) is 0. The van der Waals surface area contributed by atoms with Crippen LogP contribution in [-0.2, 0) is 6.54 Å². The van der Waals surface area contributed by atoms with Gasteiger partial charge in [-0.1, -0.05) is 15.9 Å². The highest BCUT2D eigenvalue weighted by molar-refractivity contribution is 9.10. The number of aromatic nitrogens is 1. The van der Waals surface area contributed by atoms with Crippen LogP contribution in [0.5, 0.6) is 0 Å². The minimum atomic E-state index is -0.102. The fourth-order valence-electron chi connectivity index (χ4n) is 3.36. The number of benzene rings is 1. The average Bonchev–Trinajstić information content (AvgIpc) is 3.27. The molecule has 26 heavy (non-hydrogen) atoms. The SMILES string of the molecule is Cc1ncc(CN2CCCC2)c2cc(C(=O)c3ccc(Br)cc3)oc12.Cl. The van der Waals surface area contributed by atoms with Gasteiger partial charge in [-0.2, -0.15) is 0 Å². The summed E-state index contributed by atoms with van der Waals surface area (Å²) in [6.45, 7) is 5.02. The minimum absolute atomic E-state index is 0. The fourth-order valence-corrected chi connectivity index (χ4v) is 3.63. The van der Waals surface area contributed by atoms with Crippen LogP contribution in [0.1, 0.15) is 40.2 Å². The van der Waals surface area contributed by atoms with Gasteiger partial charge in [0.1, 0.15) is 0 Å². The molecule has 0 radical (unpaired) electrons. The zero-order chi connectivity index (χ0) is 17.4. The smallest absolute Gasteiger partial charge is 0.228 e. The molecule has 136 valence electrons. The molecule has 0 bridgehead atoms. The van der Waals surface area contributed by atoms with Gasteiger partial charge in [0.05, 0.1) is 5.69 Å². The van der Waals surface area contributed by atoms with E-state index in [4.69, 9.17) is 4.42 Å². The molecule has 1 saturated heterocycles. The minimum Gasteiger partial charge on any atom is -0.451 e. The molecular formula is C20H20BrClN2O2. The molecule has 1 aromatic carbocycles. The van der Waals surface area contributed by atoms with Crippen LogP contribution in [0.3, 0.4) is 0 Å². The molecule has 0 spiro atoms. The van der Waals surface area contributed by atoms with E-state index in [9.17, 15) is 4.79 Å². The van der Waals surface area contributed by atoms with Crippen LogP contribution in [0.15, 0.2) is 45.4 Å². The van der Waals surface area contributed by atoms with E-state index in [2.05, 4.69) is 25.8 Å². The van der Waals surface area contributed by atoms with Gasteiger partial charge in [0, 0.05) is 28.2 Å². The van der Waals surface area contributed by atoms with E-state index in [1.54, 1.807) is 12.1 Å². The number of furan rings is 1. The number of fused-ring (bicyclic) bond motifs is 1. The van der Waals surface area contributed by atoms with Gasteiger partial charge in [0.15, 0.2) is 11.3 Å². The van der Waals surface area contributed by atoms with Crippen molar-refractivity contribution in [2.45, 2.75) is 26.3 Å². The number of pyridine rings is 1. The van der Waals surface area contributed by atoms with E-state index < -0.39 is 0 Å². The Bertz CT molecular complexity index is 931. The van der Waals surface area contributed by atoms with Crippen molar-refractivity contribution in [2.24, 2.45) is 0 Å². The zero-order valence-corrected chi connectivity index (χ0v) is 16.9. The van der Waals surface area contributed by atoms with E-state index in [0.717, 1.165) is 46.3 Å². The maximum atomic E-state index is 12.8. The molecule has 2 aromatic heterocycles. The van der Waals surface area contributed by atoms with Crippen LogP contribution in [0.2, 0.25) is 0 Å². The second kappa shape index (κ2) is 7.91. The summed E-state index contributed by atoms with van der Waals surface area (Å²) >= 11 is 3.39. The summed E-state index contributed by atoms with van der Waals surface area (Å²) in [5, 5.41) is 1.000. The van der Waals surface area contributed by atoms with Crippen molar-refractivity contribution in [2.75, 3.05) is 13.1 Å². The first-order valence-electron chi connectivity index (χ1n) is 8.52. The lowest BCUT2D eigenvalue weighted by Crippen LogP contribution is -2.18. The van der Waals surface area contributed by atoms with Crippen LogP contribution >= 0.6 is 28.3 Å². The molecule has 4 nitrogen and oxygen atoms in total. The average molecular weight is 436 g/mol. The van der Waals surface area contributed by atoms with Gasteiger partial charge < -0.3 is 4.42 Å². The molecule has 3 aromatic rings. The third kappa shape index (κ3) is 3.70. The van der Waals surface area contributed by atoms with Gasteiger partial charge in [-0.15, -0.1) is 12.4 Å². The summed E-state index contributed by atoms with van der Waals surface area (Å²) in [6.07, 6.45) is 4.42. The largest absolute Gasteiger partial charge is 0.451 e. The molecule has 0 amide bonds. The number of halogens is 2. The lowest BCUT2D eigenvalue weighted by atomic mass is 10.1. The number of carbonyl (C=O) groups excluding carboxylic acids is 1. The first-order valence-corrected chi connectivity index (χ1v) is 9.32. The highest BCUT2D eigenvalue weighted by Gasteiger charge is 2.20. The van der Waals surface area contributed by atoms with Gasteiger partial charge in [-0.05, 0) is 68.8 Å².